The monoisotopic (exact) mass is 1020 g/mol. The molecule has 18 nitrogen and oxygen atoms in total. The summed E-state index contributed by atoms with van der Waals surface area (Å²) in [5, 5.41) is 14.8. The second-order valence-corrected chi connectivity index (χ2v) is 21.1. The summed E-state index contributed by atoms with van der Waals surface area (Å²) in [5.41, 5.74) is 11.5. The summed E-state index contributed by atoms with van der Waals surface area (Å²) in [6.45, 7) is 2.50. The third-order valence-electron chi connectivity index (χ3n) is 14.8. The molecule has 2 unspecified atom stereocenters. The molecular weight excluding hydrogens is 968 g/mol. The van der Waals surface area contributed by atoms with Gasteiger partial charge in [0.2, 0.25) is 17.7 Å². The maximum absolute atomic E-state index is 14.1. The molecule has 2 saturated carbocycles. The molecule has 4 amide bonds. The third kappa shape index (κ3) is 9.43. The van der Waals surface area contributed by atoms with E-state index in [-0.39, 0.29) is 77.9 Å². The van der Waals surface area contributed by atoms with Crippen LogP contribution in [0.4, 0.5) is 30.4 Å². The van der Waals surface area contributed by atoms with Crippen LogP contribution in [0.15, 0.2) is 78.1 Å². The number of likely N-dealkylation sites (tertiary alicyclic amines) is 1. The summed E-state index contributed by atoms with van der Waals surface area (Å²) in [4.78, 5) is 64.4. The van der Waals surface area contributed by atoms with Gasteiger partial charge in [-0.05, 0) is 93.8 Å². The number of ether oxygens (including phenoxy) is 1. The number of alkyl halides is 2. The van der Waals surface area contributed by atoms with Crippen LogP contribution in [-0.4, -0.2) is 106 Å². The number of nitrogen functional groups attached to an aromatic ring is 1. The van der Waals surface area contributed by atoms with Crippen LogP contribution >= 0.6 is 0 Å². The topological polar surface area (TPSA) is 235 Å². The van der Waals surface area contributed by atoms with E-state index in [2.05, 4.69) is 30.8 Å². The van der Waals surface area contributed by atoms with Gasteiger partial charge in [-0.3, -0.25) is 38.9 Å². The number of carbonyl (C=O) groups is 4. The summed E-state index contributed by atoms with van der Waals surface area (Å²) in [7, 11) is -1.70. The number of hydrogen-bond donors (Lipinski definition) is 5. The number of allylic oxidation sites excluding steroid dienone is 1. The number of imide groups is 1. The maximum Gasteiger partial charge on any atom is 0.355 e. The zero-order valence-electron chi connectivity index (χ0n) is 40.2. The minimum absolute atomic E-state index is 0.0429. The fourth-order valence-corrected chi connectivity index (χ4v) is 11.3. The summed E-state index contributed by atoms with van der Waals surface area (Å²) in [5.74, 6) is -5.12. The van der Waals surface area contributed by atoms with Crippen LogP contribution in [-0.2, 0) is 38.0 Å². The highest BCUT2D eigenvalue weighted by Gasteiger charge is 2.55. The van der Waals surface area contributed by atoms with Crippen molar-refractivity contribution in [1.29, 1.82) is 0 Å². The van der Waals surface area contributed by atoms with Gasteiger partial charge in [-0.25, -0.2) is 17.8 Å². The normalized spacial score (nSPS) is 22.1. The van der Waals surface area contributed by atoms with Crippen molar-refractivity contribution in [3.05, 3.63) is 101 Å². The molecule has 2 aromatic heterocycles. The number of halogens is 3. The van der Waals surface area contributed by atoms with Gasteiger partial charge < -0.3 is 30.9 Å². The third-order valence-corrected chi connectivity index (χ3v) is 15.7. The SMILES string of the molecule is CN=C/C(=C\NC1CCN(C(=O)C2CC(Nc3cccc4c3CN(C3CCC(=O)NC3=O)C4=O)C2)C2(CC2)C1)c1cnc(N)c2c(-c3ccc(NS(=O)(=O)C(F)F)c(O[C@@H](C)c4ccc(F)cc4)c3)nn(C)c12. The highest BCUT2D eigenvalue weighted by atomic mass is 32.2. The number of sulfonamides is 1. The molecule has 2 aliphatic carbocycles. The quantitative estimate of drug-likeness (QED) is 0.0577. The van der Waals surface area contributed by atoms with Crippen molar-refractivity contribution in [2.24, 2.45) is 18.0 Å². The van der Waals surface area contributed by atoms with Crippen molar-refractivity contribution < 1.29 is 45.5 Å². The molecular formula is C51H54F3N11O7S. The molecule has 3 aromatic carbocycles. The summed E-state index contributed by atoms with van der Waals surface area (Å²) >= 11 is 0. The number of amides is 4. The van der Waals surface area contributed by atoms with Gasteiger partial charge in [0, 0.05) is 109 Å². The maximum atomic E-state index is 14.1. The number of benzene rings is 3. The van der Waals surface area contributed by atoms with Gasteiger partial charge >= 0.3 is 5.76 Å². The number of carbonyl (C=O) groups excluding carboxylic acids is 4. The molecule has 5 aliphatic rings. The number of aryl methyl sites for hydroxylation is 1. The molecule has 22 heteroatoms. The number of rotatable bonds is 15. The number of hydrogen-bond acceptors (Lipinski definition) is 13. The van der Waals surface area contributed by atoms with Crippen LogP contribution in [0.2, 0.25) is 0 Å². The first-order chi connectivity index (χ1) is 34.9. The zero-order chi connectivity index (χ0) is 51.5. The van der Waals surface area contributed by atoms with E-state index >= 15 is 0 Å². The average molecular weight is 1020 g/mol. The second-order valence-electron chi connectivity index (χ2n) is 19.5. The molecule has 1 spiro atoms. The van der Waals surface area contributed by atoms with Crippen LogP contribution < -0.4 is 31.1 Å². The van der Waals surface area contributed by atoms with Crippen LogP contribution in [0.1, 0.15) is 91.4 Å². The highest BCUT2D eigenvalue weighted by Crippen LogP contribution is 2.50. The first-order valence-corrected chi connectivity index (χ1v) is 25.7. The van der Waals surface area contributed by atoms with Crippen molar-refractivity contribution in [2.75, 3.05) is 29.4 Å². The Balaban J connectivity index is 0.821. The average Bonchev–Trinajstić information content (AvgIpc) is 3.88. The molecule has 73 heavy (non-hydrogen) atoms. The van der Waals surface area contributed by atoms with Crippen LogP contribution in [0.25, 0.3) is 27.7 Å². The molecule has 6 N–H and O–H groups in total. The predicted octanol–water partition coefficient (Wildman–Crippen LogP) is 6.27. The number of anilines is 3. The zero-order valence-corrected chi connectivity index (χ0v) is 41.0. The minimum atomic E-state index is -5.09. The summed E-state index contributed by atoms with van der Waals surface area (Å²) in [6, 6.07) is 14.6. The van der Waals surface area contributed by atoms with Gasteiger partial charge in [-0.15, -0.1) is 0 Å². The van der Waals surface area contributed by atoms with Crippen LogP contribution in [0, 0.1) is 11.7 Å². The first-order valence-electron chi connectivity index (χ1n) is 24.1. The number of aliphatic imine (C=N–C) groups is 1. The molecule has 4 fully saturated rings. The lowest BCUT2D eigenvalue weighted by Gasteiger charge is -2.45. The molecule has 382 valence electrons. The number of nitrogens with one attached hydrogen (secondary N) is 4. The van der Waals surface area contributed by atoms with E-state index in [9.17, 15) is 40.8 Å². The Morgan fingerprint density at radius 1 is 1.04 bits per heavy atom. The molecule has 2 saturated heterocycles. The van der Waals surface area contributed by atoms with Crippen LogP contribution in [0.3, 0.4) is 0 Å². The van der Waals surface area contributed by atoms with Crippen molar-refractivity contribution >= 4 is 73.5 Å². The number of nitrogens with two attached hydrogens (primary N) is 1. The van der Waals surface area contributed by atoms with E-state index in [1.54, 1.807) is 44.2 Å². The van der Waals surface area contributed by atoms with Gasteiger partial charge in [-0.1, -0.05) is 24.3 Å². The van der Waals surface area contributed by atoms with Crippen molar-refractivity contribution in [3.8, 4) is 17.0 Å². The lowest BCUT2D eigenvalue weighted by Crippen LogP contribution is -2.56. The fraction of sp³-hybridized carbons (Fsp3) is 0.392. The minimum Gasteiger partial charge on any atom is -0.484 e. The molecule has 5 aromatic rings. The highest BCUT2D eigenvalue weighted by molar-refractivity contribution is 7.93. The number of aromatic nitrogens is 3. The van der Waals surface area contributed by atoms with Gasteiger partial charge in [0.15, 0.2) is 0 Å². The molecule has 3 atom stereocenters. The van der Waals surface area contributed by atoms with E-state index in [4.69, 9.17) is 15.6 Å². The smallest absolute Gasteiger partial charge is 0.355 e. The van der Waals surface area contributed by atoms with Gasteiger partial charge in [0.05, 0.1) is 16.6 Å². The number of nitrogens with zero attached hydrogens (tertiary/aromatic N) is 6. The largest absolute Gasteiger partial charge is 0.484 e. The lowest BCUT2D eigenvalue weighted by atomic mass is 9.78. The number of pyridine rings is 1. The van der Waals surface area contributed by atoms with Gasteiger partial charge in [0.1, 0.15) is 35.2 Å². The second kappa shape index (κ2) is 19.2. The Labute approximate surface area is 418 Å². The van der Waals surface area contributed by atoms with Crippen LogP contribution in [0.5, 0.6) is 5.75 Å². The van der Waals surface area contributed by atoms with E-state index in [0.29, 0.717) is 70.2 Å². The Bertz CT molecular complexity index is 3230. The van der Waals surface area contributed by atoms with Gasteiger partial charge in [-0.2, -0.15) is 13.9 Å². The van der Waals surface area contributed by atoms with Crippen molar-refractivity contribution in [2.45, 2.75) is 100 Å². The van der Waals surface area contributed by atoms with Crippen molar-refractivity contribution in [1.82, 2.24) is 35.2 Å². The number of piperidine rings is 2. The van der Waals surface area contributed by atoms with Crippen molar-refractivity contribution in [3.63, 3.8) is 0 Å². The Hall–Kier alpha value is -7.49. The molecule has 5 heterocycles. The first kappa shape index (κ1) is 49.1. The Morgan fingerprint density at radius 2 is 1.81 bits per heavy atom. The Morgan fingerprint density at radius 3 is 2.52 bits per heavy atom. The molecule has 10 rings (SSSR count). The lowest BCUT2D eigenvalue weighted by molar-refractivity contribution is -0.144. The standard InChI is InChI=1S/C51H54F3N11O7S/c1-27(28-7-10-32(52)11-8-28)72-41-21-29(9-12-39(41)62-73(70,71)50(53)54)44-43-45(63(3)61-44)36(25-58-46(43)55)31(23-56-2)24-57-33-15-18-65(51(22-33)16-17-51)48(68)30-19-34(20-30)59-38-6-4-5-35-37(38)26-64(49(35)69)40-13-14-42(66)60-47(40)67/h4-12,21,23-25,27,30,33-34,40,50,57,59,62H,13-20,22,26H2,1-3H3,(H2,55,58)(H,60,66,67)/b31-24+,56-23?/t27-,30?,33?,34?,40?/m0/s1. The molecule has 0 radical (unpaired) electrons. The summed E-state index contributed by atoms with van der Waals surface area (Å²) in [6.07, 6.45) is 9.51. The number of fused-ring (bicyclic) bond motifs is 2. The fourth-order valence-electron chi connectivity index (χ4n) is 10.7. The molecule has 0 bridgehead atoms. The molecule has 3 aliphatic heterocycles. The van der Waals surface area contributed by atoms with E-state index in [1.807, 2.05) is 23.1 Å². The van der Waals surface area contributed by atoms with E-state index in [1.165, 1.54) is 47.4 Å². The van der Waals surface area contributed by atoms with E-state index < -0.39 is 39.7 Å². The van der Waals surface area contributed by atoms with E-state index in [0.717, 1.165) is 30.5 Å². The predicted molar refractivity (Wildman–Crippen MR) is 267 cm³/mol. The summed E-state index contributed by atoms with van der Waals surface area (Å²) < 4.78 is 75.2. The Kier molecular flexibility index (Phi) is 12.9. The van der Waals surface area contributed by atoms with Gasteiger partial charge in [0.25, 0.3) is 15.9 Å².